The molecule has 0 saturated heterocycles. The number of H-pyrrole nitrogens is 1. The van der Waals surface area contributed by atoms with Gasteiger partial charge in [-0.15, -0.1) is 0 Å². The first-order valence-electron chi connectivity index (χ1n) is 10.1. The van der Waals surface area contributed by atoms with Gasteiger partial charge < -0.3 is 10.1 Å². The quantitative estimate of drug-likeness (QED) is 0.377. The minimum atomic E-state index is -4.60. The summed E-state index contributed by atoms with van der Waals surface area (Å²) in [6, 6.07) is 13.0. The van der Waals surface area contributed by atoms with Crippen LogP contribution in [-0.2, 0) is 11.0 Å². The number of aromatic amines is 1. The van der Waals surface area contributed by atoms with E-state index in [1.807, 2.05) is 6.92 Å². The maximum atomic E-state index is 13.2. The summed E-state index contributed by atoms with van der Waals surface area (Å²) in [6.45, 7) is 2.39. The SMILES string of the molecule is CCOc1ccc(-c2nc(SCC(=O)Nc3ccccc3C(F)(F)F)n3[nH]c(=O)cc3n2)cc1. The molecular weight excluding hydrogens is 471 g/mol. The molecule has 0 aliphatic carbocycles. The molecule has 0 fully saturated rings. The smallest absolute Gasteiger partial charge is 0.418 e. The minimum absolute atomic E-state index is 0.246. The van der Waals surface area contributed by atoms with Gasteiger partial charge in [0.05, 0.1) is 23.6 Å². The number of nitrogens with one attached hydrogen (secondary N) is 2. The van der Waals surface area contributed by atoms with Gasteiger partial charge in [-0.1, -0.05) is 23.9 Å². The zero-order chi connectivity index (χ0) is 24.3. The third-order valence-electron chi connectivity index (χ3n) is 4.59. The molecule has 0 unspecified atom stereocenters. The number of para-hydroxylation sites is 1. The van der Waals surface area contributed by atoms with Crippen LogP contribution in [0.3, 0.4) is 0 Å². The van der Waals surface area contributed by atoms with Crippen LogP contribution in [0.2, 0.25) is 0 Å². The highest BCUT2D eigenvalue weighted by Crippen LogP contribution is 2.34. The lowest BCUT2D eigenvalue weighted by molar-refractivity contribution is -0.137. The molecule has 176 valence electrons. The zero-order valence-corrected chi connectivity index (χ0v) is 18.5. The average Bonchev–Trinajstić information content (AvgIpc) is 3.18. The minimum Gasteiger partial charge on any atom is -0.494 e. The molecule has 4 aromatic rings. The van der Waals surface area contributed by atoms with E-state index in [1.165, 1.54) is 28.8 Å². The van der Waals surface area contributed by atoms with E-state index in [-0.39, 0.29) is 22.2 Å². The lowest BCUT2D eigenvalue weighted by Gasteiger charge is -2.13. The second-order valence-electron chi connectivity index (χ2n) is 6.98. The molecule has 0 bridgehead atoms. The fraction of sp³-hybridized carbons (Fsp3) is 0.182. The monoisotopic (exact) mass is 489 g/mol. The highest BCUT2D eigenvalue weighted by Gasteiger charge is 2.33. The van der Waals surface area contributed by atoms with E-state index in [0.717, 1.165) is 17.8 Å². The van der Waals surface area contributed by atoms with Crippen LogP contribution < -0.4 is 15.6 Å². The number of rotatable bonds is 7. The lowest BCUT2D eigenvalue weighted by Crippen LogP contribution is -2.18. The number of fused-ring (bicyclic) bond motifs is 1. The normalized spacial score (nSPS) is 11.5. The maximum Gasteiger partial charge on any atom is 0.418 e. The van der Waals surface area contributed by atoms with Gasteiger partial charge in [-0.05, 0) is 43.3 Å². The highest BCUT2D eigenvalue weighted by molar-refractivity contribution is 7.99. The number of nitrogens with zero attached hydrogens (tertiary/aromatic N) is 3. The van der Waals surface area contributed by atoms with Crippen molar-refractivity contribution in [2.45, 2.75) is 18.3 Å². The predicted octanol–water partition coefficient (Wildman–Crippen LogP) is 4.23. The van der Waals surface area contributed by atoms with Crippen molar-refractivity contribution in [3.05, 3.63) is 70.5 Å². The van der Waals surface area contributed by atoms with Crippen LogP contribution >= 0.6 is 11.8 Å². The molecule has 2 aromatic heterocycles. The van der Waals surface area contributed by atoms with E-state index < -0.39 is 23.2 Å². The molecule has 0 atom stereocenters. The molecule has 0 saturated carbocycles. The number of ether oxygens (including phenoxy) is 1. The average molecular weight is 489 g/mol. The van der Waals surface area contributed by atoms with E-state index >= 15 is 0 Å². The number of carbonyl (C=O) groups is 1. The molecule has 0 aliphatic rings. The molecular formula is C22H18F3N5O3S. The molecule has 0 radical (unpaired) electrons. The van der Waals surface area contributed by atoms with Gasteiger partial charge in [-0.25, -0.2) is 14.5 Å². The Balaban J connectivity index is 1.57. The summed E-state index contributed by atoms with van der Waals surface area (Å²) in [5.41, 5.74) is -0.744. The molecule has 4 rings (SSSR count). The summed E-state index contributed by atoms with van der Waals surface area (Å²) >= 11 is 0.948. The van der Waals surface area contributed by atoms with Crippen LogP contribution in [0.25, 0.3) is 17.0 Å². The van der Waals surface area contributed by atoms with Crippen LogP contribution in [0, 0.1) is 0 Å². The summed E-state index contributed by atoms with van der Waals surface area (Å²) in [4.78, 5) is 33.1. The van der Waals surface area contributed by atoms with Crippen LogP contribution in [-0.4, -0.2) is 37.8 Å². The van der Waals surface area contributed by atoms with Gasteiger partial charge in [-0.2, -0.15) is 13.2 Å². The van der Waals surface area contributed by atoms with Crippen molar-refractivity contribution in [3.8, 4) is 17.1 Å². The summed E-state index contributed by atoms with van der Waals surface area (Å²) < 4.78 is 46.3. The first-order valence-corrected chi connectivity index (χ1v) is 11.0. The predicted molar refractivity (Wildman–Crippen MR) is 121 cm³/mol. The summed E-state index contributed by atoms with van der Waals surface area (Å²) in [5, 5.41) is 5.08. The fourth-order valence-electron chi connectivity index (χ4n) is 3.13. The zero-order valence-electron chi connectivity index (χ0n) is 17.7. The van der Waals surface area contributed by atoms with E-state index in [0.29, 0.717) is 23.7 Å². The molecule has 8 nitrogen and oxygen atoms in total. The Bertz CT molecular complexity index is 1380. The fourth-order valence-corrected chi connectivity index (χ4v) is 3.88. The largest absolute Gasteiger partial charge is 0.494 e. The van der Waals surface area contributed by atoms with Crippen molar-refractivity contribution in [3.63, 3.8) is 0 Å². The van der Waals surface area contributed by atoms with Crippen molar-refractivity contribution in [1.29, 1.82) is 0 Å². The third-order valence-corrected chi connectivity index (χ3v) is 5.53. The molecule has 2 N–H and O–H groups in total. The maximum absolute atomic E-state index is 13.2. The molecule has 0 spiro atoms. The summed E-state index contributed by atoms with van der Waals surface area (Å²) in [7, 11) is 0. The van der Waals surface area contributed by atoms with Gasteiger partial charge >= 0.3 is 6.18 Å². The third kappa shape index (κ3) is 5.22. The van der Waals surface area contributed by atoms with Gasteiger partial charge in [-0.3, -0.25) is 14.7 Å². The van der Waals surface area contributed by atoms with E-state index in [4.69, 9.17) is 4.74 Å². The van der Waals surface area contributed by atoms with Crippen LogP contribution in [0.15, 0.2) is 64.5 Å². The van der Waals surface area contributed by atoms with Gasteiger partial charge in [0.1, 0.15) is 5.75 Å². The Hall–Kier alpha value is -3.80. The topological polar surface area (TPSA) is 101 Å². The van der Waals surface area contributed by atoms with Crippen LogP contribution in [0.1, 0.15) is 12.5 Å². The van der Waals surface area contributed by atoms with E-state index in [1.54, 1.807) is 24.3 Å². The first kappa shape index (κ1) is 23.4. The molecule has 0 aliphatic heterocycles. The number of aromatic nitrogens is 4. The summed E-state index contributed by atoms with van der Waals surface area (Å²) in [6.07, 6.45) is -4.60. The number of hydrogen-bond acceptors (Lipinski definition) is 6. The number of amides is 1. The van der Waals surface area contributed by atoms with Crippen molar-refractivity contribution < 1.29 is 22.7 Å². The first-order chi connectivity index (χ1) is 16.2. The number of anilines is 1. The van der Waals surface area contributed by atoms with Crippen LogP contribution in [0.5, 0.6) is 5.75 Å². The standard InChI is InChI=1S/C22H18F3N5O3S/c1-2-33-14-9-7-13(8-10-14)20-27-17-11-18(31)29-30(17)21(28-20)34-12-19(32)26-16-6-4-3-5-15(16)22(23,24)25/h3-11H,2,12H2,1H3,(H,26,32)(H,29,31). The molecule has 34 heavy (non-hydrogen) atoms. The Labute approximate surface area is 195 Å². The number of alkyl halides is 3. The number of thioether (sulfide) groups is 1. The lowest BCUT2D eigenvalue weighted by atomic mass is 10.1. The number of carbonyl (C=O) groups excluding carboxylic acids is 1. The Kier molecular flexibility index (Phi) is 6.59. The van der Waals surface area contributed by atoms with Crippen molar-refractivity contribution in [2.24, 2.45) is 0 Å². The second-order valence-corrected chi connectivity index (χ2v) is 7.92. The van der Waals surface area contributed by atoms with Crippen LogP contribution in [0.4, 0.5) is 18.9 Å². The van der Waals surface area contributed by atoms with Crippen molar-refractivity contribution >= 4 is 29.0 Å². The Morgan fingerprint density at radius 1 is 1.15 bits per heavy atom. The molecule has 1 amide bonds. The van der Waals surface area contributed by atoms with Gasteiger partial charge in [0.15, 0.2) is 16.6 Å². The number of halogens is 3. The number of benzene rings is 2. The second kappa shape index (κ2) is 9.59. The molecule has 2 aromatic carbocycles. The van der Waals surface area contributed by atoms with Gasteiger partial charge in [0, 0.05) is 11.6 Å². The summed E-state index contributed by atoms with van der Waals surface area (Å²) in [5.74, 6) is 0.0786. The van der Waals surface area contributed by atoms with Gasteiger partial charge in [0.25, 0.3) is 5.56 Å². The van der Waals surface area contributed by atoms with Gasteiger partial charge in [0.2, 0.25) is 5.91 Å². The van der Waals surface area contributed by atoms with E-state index in [2.05, 4.69) is 20.4 Å². The molecule has 12 heteroatoms. The van der Waals surface area contributed by atoms with E-state index in [9.17, 15) is 22.8 Å². The Morgan fingerprint density at radius 3 is 2.59 bits per heavy atom. The Morgan fingerprint density at radius 2 is 1.88 bits per heavy atom. The molecule has 2 heterocycles. The highest BCUT2D eigenvalue weighted by atomic mass is 32.2. The number of hydrogen-bond donors (Lipinski definition) is 2. The van der Waals surface area contributed by atoms with Crippen molar-refractivity contribution in [1.82, 2.24) is 19.6 Å². The van der Waals surface area contributed by atoms with Crippen molar-refractivity contribution in [2.75, 3.05) is 17.7 Å².